The van der Waals surface area contributed by atoms with E-state index in [4.69, 9.17) is 28.9 Å². The van der Waals surface area contributed by atoms with Gasteiger partial charge in [0.25, 0.3) is 11.9 Å². The number of benzene rings is 2. The number of anilines is 3. The second kappa shape index (κ2) is 16.4. The first-order valence-corrected chi connectivity index (χ1v) is 17.9. The summed E-state index contributed by atoms with van der Waals surface area (Å²) in [5, 5.41) is 10.5. The van der Waals surface area contributed by atoms with E-state index in [9.17, 15) is 34.8 Å². The fourth-order valence-corrected chi connectivity index (χ4v) is 5.40. The van der Waals surface area contributed by atoms with E-state index < -0.39 is 33.3 Å². The average molecular weight is 816 g/mol. The smallest absolute Gasteiger partial charge is 0.399 e. The molecular weight excluding hydrogens is 785 g/mol. The zero-order valence-corrected chi connectivity index (χ0v) is 31.2. The Morgan fingerprint density at radius 2 is 1.13 bits per heavy atom. The highest BCUT2D eigenvalue weighted by molar-refractivity contribution is 7.90. The molecule has 21 heteroatoms. The van der Waals surface area contributed by atoms with Crippen LogP contribution in [0, 0.1) is 27.7 Å². The Bertz CT molecular complexity index is 2380. The van der Waals surface area contributed by atoms with Gasteiger partial charge in [0.2, 0.25) is 0 Å². The summed E-state index contributed by atoms with van der Waals surface area (Å²) in [4.78, 5) is 16.7. The van der Waals surface area contributed by atoms with Gasteiger partial charge in [0, 0.05) is 47.5 Å². The molecule has 0 saturated carbocycles. The number of hydrogen-bond donors (Lipinski definition) is 2. The summed E-state index contributed by atoms with van der Waals surface area (Å²) in [5.74, 6) is 0.935. The van der Waals surface area contributed by atoms with E-state index in [-0.39, 0.29) is 32.4 Å². The molecule has 3 N–H and O–H groups in total. The summed E-state index contributed by atoms with van der Waals surface area (Å²) in [6, 6.07) is 13.5. The molecule has 6 rings (SSSR count). The second-order valence-electron chi connectivity index (χ2n) is 11.5. The van der Waals surface area contributed by atoms with Crippen molar-refractivity contribution in [3.05, 3.63) is 117 Å². The quantitative estimate of drug-likeness (QED) is 0.0985. The zero-order valence-electron chi connectivity index (χ0n) is 28.8. The molecule has 0 atom stereocenters. The predicted octanol–water partition coefficient (Wildman–Crippen LogP) is 8.32. The molecule has 0 amide bonds. The normalized spacial score (nSPS) is 11.6. The summed E-state index contributed by atoms with van der Waals surface area (Å²) >= 11 is 10.9. The van der Waals surface area contributed by atoms with E-state index in [2.05, 4.69) is 35.5 Å². The molecule has 0 bridgehead atoms. The van der Waals surface area contributed by atoms with E-state index >= 15 is 0 Å². The van der Waals surface area contributed by atoms with Crippen LogP contribution in [0.2, 0.25) is 10.0 Å². The minimum atomic E-state index is -4.53. The van der Waals surface area contributed by atoms with Gasteiger partial charge in [-0.1, -0.05) is 23.2 Å². The van der Waals surface area contributed by atoms with Crippen molar-refractivity contribution in [2.45, 2.75) is 45.1 Å². The monoisotopic (exact) mass is 814 g/mol. The Labute approximate surface area is 314 Å². The van der Waals surface area contributed by atoms with Gasteiger partial charge in [-0.2, -0.15) is 46.5 Å². The molecule has 0 fully saturated rings. The van der Waals surface area contributed by atoms with E-state index in [1.165, 1.54) is 33.6 Å². The SMILES string of the molecule is Cc1cc(Nc2ccc(Cl)c(C(F)(F)F)c2)nc(-n2ccc(C)n2)n1.Cc1cc(S(C)(=O)=O)nc(-n2ccc(C)n2)n1.Nc1ccc(Cl)c(C(F)(F)F)c1. The van der Waals surface area contributed by atoms with Gasteiger partial charge < -0.3 is 11.1 Å². The minimum absolute atomic E-state index is 0.00755. The third kappa shape index (κ3) is 11.4. The number of alkyl halides is 6. The Hall–Kier alpha value is -5.27. The van der Waals surface area contributed by atoms with Gasteiger partial charge in [0.15, 0.2) is 14.9 Å². The number of sulfone groups is 1. The summed E-state index contributed by atoms with van der Waals surface area (Å²) < 4.78 is 101. The van der Waals surface area contributed by atoms with Gasteiger partial charge in [-0.05, 0) is 82.3 Å². The lowest BCUT2D eigenvalue weighted by molar-refractivity contribution is -0.138. The first kappa shape index (κ1) is 41.5. The summed E-state index contributed by atoms with van der Waals surface area (Å²) in [7, 11) is -3.34. The maximum absolute atomic E-state index is 13.0. The molecule has 54 heavy (non-hydrogen) atoms. The van der Waals surface area contributed by atoms with Gasteiger partial charge in [-0.25, -0.2) is 27.7 Å². The van der Waals surface area contributed by atoms with Crippen molar-refractivity contribution in [1.82, 2.24) is 39.5 Å². The molecule has 0 radical (unpaired) electrons. The molecule has 0 aliphatic carbocycles. The fourth-order valence-electron chi connectivity index (χ4n) is 4.32. The number of rotatable bonds is 5. The predicted molar refractivity (Wildman–Crippen MR) is 191 cm³/mol. The number of halogens is 8. The molecule has 0 spiro atoms. The van der Waals surface area contributed by atoms with Crippen LogP contribution in [0.3, 0.4) is 0 Å². The first-order valence-electron chi connectivity index (χ1n) is 15.2. The Balaban J connectivity index is 0.000000194. The molecule has 0 aliphatic rings. The number of nitrogens with two attached hydrogens (primary N) is 1. The maximum Gasteiger partial charge on any atom is 0.417 e. The number of nitrogen functional groups attached to an aromatic ring is 1. The summed E-state index contributed by atoms with van der Waals surface area (Å²) in [6.07, 6.45) is -4.46. The van der Waals surface area contributed by atoms with Crippen LogP contribution in [0.5, 0.6) is 0 Å². The Morgan fingerprint density at radius 1 is 0.648 bits per heavy atom. The van der Waals surface area contributed by atoms with E-state index in [0.29, 0.717) is 23.2 Å². The van der Waals surface area contributed by atoms with Gasteiger partial charge in [-0.3, -0.25) is 0 Å². The fraction of sp³-hybridized carbons (Fsp3) is 0.212. The summed E-state index contributed by atoms with van der Waals surface area (Å²) in [5.41, 5.74) is 6.47. The molecule has 4 aromatic heterocycles. The number of aryl methyl sites for hydroxylation is 4. The van der Waals surface area contributed by atoms with Crippen molar-refractivity contribution in [3.63, 3.8) is 0 Å². The highest BCUT2D eigenvalue weighted by atomic mass is 35.5. The van der Waals surface area contributed by atoms with Gasteiger partial charge in [0.05, 0.1) is 32.6 Å². The minimum Gasteiger partial charge on any atom is -0.399 e. The number of hydrogen-bond acceptors (Lipinski definition) is 10. The van der Waals surface area contributed by atoms with Gasteiger partial charge in [-0.15, -0.1) is 0 Å². The maximum atomic E-state index is 13.0. The van der Waals surface area contributed by atoms with Crippen LogP contribution >= 0.6 is 23.2 Å². The van der Waals surface area contributed by atoms with Crippen LogP contribution < -0.4 is 11.1 Å². The van der Waals surface area contributed by atoms with Crippen LogP contribution in [0.4, 0.5) is 43.5 Å². The van der Waals surface area contributed by atoms with E-state index in [1.54, 1.807) is 44.4 Å². The molecule has 4 heterocycles. The van der Waals surface area contributed by atoms with E-state index in [0.717, 1.165) is 35.8 Å². The topological polar surface area (TPSA) is 159 Å². The molecular formula is C33H30Cl2F6N10O2S. The third-order valence-corrected chi connectivity index (χ3v) is 8.36. The molecule has 0 aliphatic heterocycles. The van der Waals surface area contributed by atoms with Crippen molar-refractivity contribution in [2.24, 2.45) is 0 Å². The highest BCUT2D eigenvalue weighted by Crippen LogP contribution is 2.37. The lowest BCUT2D eigenvalue weighted by atomic mass is 10.2. The van der Waals surface area contributed by atoms with Crippen molar-refractivity contribution >= 4 is 50.2 Å². The standard InChI is InChI=1S/C16H13ClF3N5.C10H12N4O2S.C7H5ClF3N/c1-9-5-6-25(24-9)15-21-10(2)7-14(23-15)22-11-3-4-13(17)12(8-11)16(18,19)20;1-7-4-5-14(13-7)10-11-8(2)6-9(12-10)17(3,15)16;8-6-2-1-4(12)3-5(6)7(9,10)11/h3-8H,1-2H3,(H,21,22,23);4-6H,1-3H3;1-3H,12H2. The van der Waals surface area contributed by atoms with Crippen LogP contribution in [0.1, 0.15) is 33.9 Å². The number of aromatic nitrogens is 8. The van der Waals surface area contributed by atoms with Crippen molar-refractivity contribution in [3.8, 4) is 11.9 Å². The molecule has 0 unspecified atom stereocenters. The average Bonchev–Trinajstić information content (AvgIpc) is 3.70. The van der Waals surface area contributed by atoms with Crippen molar-refractivity contribution in [1.29, 1.82) is 0 Å². The largest absolute Gasteiger partial charge is 0.417 e. The lowest BCUT2D eigenvalue weighted by Gasteiger charge is -2.13. The Morgan fingerprint density at radius 3 is 1.59 bits per heavy atom. The zero-order chi connectivity index (χ0) is 40.2. The molecule has 286 valence electrons. The third-order valence-electron chi connectivity index (χ3n) is 6.74. The van der Waals surface area contributed by atoms with Crippen molar-refractivity contribution < 1.29 is 34.8 Å². The van der Waals surface area contributed by atoms with Crippen LogP contribution in [0.15, 0.2) is 78.1 Å². The molecule has 12 nitrogen and oxygen atoms in total. The first-order chi connectivity index (χ1) is 25.0. The number of nitrogens with zero attached hydrogens (tertiary/aromatic N) is 8. The molecule has 2 aromatic carbocycles. The van der Waals surface area contributed by atoms with Crippen LogP contribution in [-0.2, 0) is 22.2 Å². The van der Waals surface area contributed by atoms with E-state index in [1.807, 2.05) is 13.8 Å². The lowest BCUT2D eigenvalue weighted by Crippen LogP contribution is -2.09. The van der Waals surface area contributed by atoms with Crippen molar-refractivity contribution in [2.75, 3.05) is 17.3 Å². The second-order valence-corrected chi connectivity index (χ2v) is 14.2. The van der Waals surface area contributed by atoms with Gasteiger partial charge in [0.1, 0.15) is 5.82 Å². The van der Waals surface area contributed by atoms with Crippen LogP contribution in [-0.4, -0.2) is 54.2 Å². The Kier molecular flexibility index (Phi) is 12.6. The highest BCUT2D eigenvalue weighted by Gasteiger charge is 2.34. The molecule has 6 aromatic rings. The summed E-state index contributed by atoms with van der Waals surface area (Å²) in [6.45, 7) is 7.15. The molecule has 0 saturated heterocycles. The van der Waals surface area contributed by atoms with Crippen LogP contribution in [0.25, 0.3) is 11.9 Å². The number of nitrogens with one attached hydrogen (secondary N) is 1. The van der Waals surface area contributed by atoms with Gasteiger partial charge >= 0.3 is 12.4 Å².